The summed E-state index contributed by atoms with van der Waals surface area (Å²) in [5, 5.41) is 67.6. The molecule has 27 heavy (non-hydrogen) atoms. The minimum atomic E-state index is -1.50. The molecule has 1 amide bonds. The van der Waals surface area contributed by atoms with Crippen LogP contribution in [0, 0.1) is 6.92 Å². The van der Waals surface area contributed by atoms with Crippen molar-refractivity contribution in [2.45, 2.75) is 37.9 Å². The van der Waals surface area contributed by atoms with Crippen LogP contribution in [0.25, 0.3) is 0 Å². The molecule has 8 nitrogen and oxygen atoms in total. The smallest absolute Gasteiger partial charge is 0.221 e. The minimum absolute atomic E-state index is 0.00296. The Bertz CT molecular complexity index is 878. The Hall–Kier alpha value is -2.97. The highest BCUT2D eigenvalue weighted by Crippen LogP contribution is 2.53. The Morgan fingerprint density at radius 1 is 0.889 bits per heavy atom. The number of amides is 1. The summed E-state index contributed by atoms with van der Waals surface area (Å²) in [5.74, 6) is -4.05. The Morgan fingerprint density at radius 2 is 1.37 bits per heavy atom. The van der Waals surface area contributed by atoms with Gasteiger partial charge in [0.15, 0.2) is 0 Å². The number of hydrogen-bond donors (Lipinski definition) is 5. The van der Waals surface area contributed by atoms with Gasteiger partial charge < -0.3 is 36.0 Å². The average Bonchev–Trinajstić information content (AvgIpc) is 2.53. The molecule has 2 atom stereocenters. The first kappa shape index (κ1) is 18.8. The summed E-state index contributed by atoms with van der Waals surface area (Å²) >= 11 is 0. The number of phenols is 4. The first-order chi connectivity index (χ1) is 12.6. The average molecular weight is 373 g/mol. The molecule has 1 aliphatic carbocycles. The van der Waals surface area contributed by atoms with E-state index < -0.39 is 35.7 Å². The molecule has 8 heteroatoms. The maximum absolute atomic E-state index is 12.9. The zero-order valence-corrected chi connectivity index (χ0v) is 14.6. The van der Waals surface area contributed by atoms with E-state index in [0.717, 1.165) is 18.2 Å². The van der Waals surface area contributed by atoms with Crippen LogP contribution in [0.15, 0.2) is 24.3 Å². The van der Waals surface area contributed by atoms with Gasteiger partial charge in [-0.1, -0.05) is 0 Å². The topological polar surface area (TPSA) is 156 Å². The Kier molecular flexibility index (Phi) is 4.63. The van der Waals surface area contributed by atoms with E-state index in [1.54, 1.807) is 6.92 Å². The van der Waals surface area contributed by atoms with Crippen LogP contribution < -0.4 is 15.5 Å². The van der Waals surface area contributed by atoms with Gasteiger partial charge in [-0.2, -0.15) is 0 Å². The summed E-state index contributed by atoms with van der Waals surface area (Å²) in [4.78, 5) is 11.4. The van der Waals surface area contributed by atoms with Gasteiger partial charge in [-0.15, -0.1) is 12.2 Å². The van der Waals surface area contributed by atoms with Crippen LogP contribution >= 0.6 is 0 Å². The lowest BCUT2D eigenvalue weighted by molar-refractivity contribution is -0.536. The molecule has 0 saturated heterocycles. The molecule has 0 heterocycles. The molecule has 1 saturated carbocycles. The third-order valence-corrected chi connectivity index (χ3v) is 4.89. The number of aromatic hydroxyl groups is 4. The van der Waals surface area contributed by atoms with E-state index in [1.807, 2.05) is 0 Å². The summed E-state index contributed by atoms with van der Waals surface area (Å²) < 4.78 is 0. The standard InChI is InChI=1S/C19H19NO7/c1-7-3-9(22)5-12(24)14(7)16-18(26)17(19(16)27)15-11(20-8(2)21)4-10(23)6-13(15)25/h3-6,16-19,22-25H,1-2H3,(H,20,21)/q-2. The van der Waals surface area contributed by atoms with Crippen molar-refractivity contribution in [3.05, 3.63) is 41.0 Å². The summed E-state index contributed by atoms with van der Waals surface area (Å²) in [6.07, 6.45) is -2.99. The highest BCUT2D eigenvalue weighted by atomic mass is 16.3. The highest BCUT2D eigenvalue weighted by Gasteiger charge is 2.42. The van der Waals surface area contributed by atoms with Crippen molar-refractivity contribution >= 4 is 11.6 Å². The number of rotatable bonds is 3. The number of aryl methyl sites for hydroxylation is 1. The van der Waals surface area contributed by atoms with E-state index in [1.165, 1.54) is 13.0 Å². The van der Waals surface area contributed by atoms with E-state index in [0.29, 0.717) is 5.56 Å². The fourth-order valence-electron chi connectivity index (χ4n) is 3.79. The highest BCUT2D eigenvalue weighted by molar-refractivity contribution is 5.90. The van der Waals surface area contributed by atoms with Crippen molar-refractivity contribution in [1.29, 1.82) is 0 Å². The largest absolute Gasteiger partial charge is 0.851 e. The third kappa shape index (κ3) is 3.13. The molecular formula is C19H19NO7-2. The maximum atomic E-state index is 12.9. The quantitative estimate of drug-likeness (QED) is 0.511. The molecule has 2 unspecified atom stereocenters. The SMILES string of the molecule is CC(=O)Nc1cc(O)cc(O)c1C1C([O-])C(c2c(C)cc(O)cc2O)C1[O-]. The first-order valence-electron chi connectivity index (χ1n) is 8.29. The Morgan fingerprint density at radius 3 is 1.89 bits per heavy atom. The van der Waals surface area contributed by atoms with E-state index in [4.69, 9.17) is 0 Å². The van der Waals surface area contributed by atoms with Crippen LogP contribution in [0.5, 0.6) is 23.0 Å². The second kappa shape index (κ2) is 6.64. The van der Waals surface area contributed by atoms with Gasteiger partial charge in [0, 0.05) is 30.7 Å². The molecule has 5 N–H and O–H groups in total. The number of nitrogens with one attached hydrogen (secondary N) is 1. The van der Waals surface area contributed by atoms with E-state index in [-0.39, 0.29) is 34.1 Å². The predicted octanol–water partition coefficient (Wildman–Crippen LogP) is 0.115. The van der Waals surface area contributed by atoms with Gasteiger partial charge in [-0.25, -0.2) is 0 Å². The molecule has 0 radical (unpaired) electrons. The molecule has 2 aromatic rings. The molecule has 1 aliphatic rings. The molecule has 0 aromatic heterocycles. The molecule has 0 bridgehead atoms. The number of hydrogen-bond acceptors (Lipinski definition) is 7. The number of benzene rings is 2. The van der Waals surface area contributed by atoms with Crippen LogP contribution in [-0.2, 0) is 4.79 Å². The molecule has 3 rings (SSSR count). The van der Waals surface area contributed by atoms with Crippen molar-refractivity contribution in [2.24, 2.45) is 0 Å². The first-order valence-corrected chi connectivity index (χ1v) is 8.29. The molecule has 2 aromatic carbocycles. The van der Waals surface area contributed by atoms with E-state index in [2.05, 4.69) is 5.32 Å². The predicted molar refractivity (Wildman–Crippen MR) is 91.6 cm³/mol. The Labute approximate surface area is 155 Å². The normalized spacial score (nSPS) is 24.3. The molecular weight excluding hydrogens is 354 g/mol. The third-order valence-electron chi connectivity index (χ3n) is 4.89. The lowest BCUT2D eigenvalue weighted by Gasteiger charge is -2.62. The minimum Gasteiger partial charge on any atom is -0.851 e. The van der Waals surface area contributed by atoms with Crippen LogP contribution in [-0.4, -0.2) is 38.5 Å². The second-order valence-electron chi connectivity index (χ2n) is 6.78. The maximum Gasteiger partial charge on any atom is 0.221 e. The fourth-order valence-corrected chi connectivity index (χ4v) is 3.79. The second-order valence-corrected chi connectivity index (χ2v) is 6.78. The van der Waals surface area contributed by atoms with Crippen LogP contribution in [0.1, 0.15) is 35.4 Å². The van der Waals surface area contributed by atoms with Crippen molar-refractivity contribution in [2.75, 3.05) is 5.32 Å². The lowest BCUT2D eigenvalue weighted by atomic mass is 9.62. The molecule has 0 spiro atoms. The Balaban J connectivity index is 2.02. The number of anilines is 1. The van der Waals surface area contributed by atoms with Crippen molar-refractivity contribution in [1.82, 2.24) is 0 Å². The van der Waals surface area contributed by atoms with E-state index in [9.17, 15) is 35.4 Å². The number of carbonyl (C=O) groups excluding carboxylic acids is 1. The van der Waals surface area contributed by atoms with Gasteiger partial charge in [-0.05, 0) is 36.0 Å². The van der Waals surface area contributed by atoms with Gasteiger partial charge >= 0.3 is 0 Å². The van der Waals surface area contributed by atoms with Gasteiger partial charge in [0.25, 0.3) is 0 Å². The van der Waals surface area contributed by atoms with Crippen LogP contribution in [0.4, 0.5) is 5.69 Å². The van der Waals surface area contributed by atoms with Crippen LogP contribution in [0.3, 0.4) is 0 Å². The monoisotopic (exact) mass is 373 g/mol. The van der Waals surface area contributed by atoms with Gasteiger partial charge in [0.2, 0.25) is 5.91 Å². The fraction of sp³-hybridized carbons (Fsp3) is 0.316. The summed E-state index contributed by atoms with van der Waals surface area (Å²) in [7, 11) is 0. The number of carbonyl (C=O) groups is 1. The zero-order chi connectivity index (χ0) is 20.0. The summed E-state index contributed by atoms with van der Waals surface area (Å²) in [5.41, 5.74) is 0.546. The van der Waals surface area contributed by atoms with E-state index >= 15 is 0 Å². The van der Waals surface area contributed by atoms with Gasteiger partial charge in [0.1, 0.15) is 23.0 Å². The summed E-state index contributed by atoms with van der Waals surface area (Å²) in [6, 6.07) is 4.57. The zero-order valence-electron chi connectivity index (χ0n) is 14.6. The van der Waals surface area contributed by atoms with Crippen molar-refractivity contribution in [3.63, 3.8) is 0 Å². The van der Waals surface area contributed by atoms with Crippen molar-refractivity contribution < 1.29 is 35.4 Å². The number of phenolic OH excluding ortho intramolecular Hbond substituents is 4. The summed E-state index contributed by atoms with van der Waals surface area (Å²) in [6.45, 7) is 2.79. The molecule has 1 fully saturated rings. The van der Waals surface area contributed by atoms with Gasteiger partial charge in [-0.3, -0.25) is 4.79 Å². The molecule has 0 aliphatic heterocycles. The lowest BCUT2D eigenvalue weighted by Crippen LogP contribution is -2.63. The van der Waals surface area contributed by atoms with Gasteiger partial charge in [0.05, 0.1) is 5.69 Å². The van der Waals surface area contributed by atoms with Crippen LogP contribution in [0.2, 0.25) is 0 Å². The molecule has 144 valence electrons. The van der Waals surface area contributed by atoms with Crippen molar-refractivity contribution in [3.8, 4) is 23.0 Å².